The maximum Gasteiger partial charge on any atom is 0.230 e. The minimum absolute atomic E-state index is 0.115. The highest BCUT2D eigenvalue weighted by atomic mass is 32.1. The molecule has 0 saturated heterocycles. The van der Waals surface area contributed by atoms with E-state index >= 15 is 0 Å². The average Bonchev–Trinajstić information content (AvgIpc) is 3.04. The van der Waals surface area contributed by atoms with Crippen molar-refractivity contribution in [2.45, 2.75) is 20.3 Å². The topological polar surface area (TPSA) is 64.1 Å². The highest BCUT2D eigenvalue weighted by Gasteiger charge is 2.11. The quantitative estimate of drug-likeness (QED) is 0.753. The highest BCUT2D eigenvalue weighted by Crippen LogP contribution is 2.26. The van der Waals surface area contributed by atoms with Crippen LogP contribution in [0.2, 0.25) is 0 Å². The van der Waals surface area contributed by atoms with Crippen LogP contribution in [0.1, 0.15) is 16.7 Å². The molecule has 2 aromatic carbocycles. The molecule has 0 fully saturated rings. The number of amides is 1. The fourth-order valence-corrected chi connectivity index (χ4v) is 3.25. The zero-order chi connectivity index (χ0) is 17.8. The smallest absolute Gasteiger partial charge is 0.230 e. The molecular weight excluding hydrogens is 334 g/mol. The summed E-state index contributed by atoms with van der Waals surface area (Å²) in [6.07, 6.45) is 0.282. The summed E-state index contributed by atoms with van der Waals surface area (Å²) in [4.78, 5) is 12.2. The number of hydrogen-bond donors (Lipinski definition) is 1. The summed E-state index contributed by atoms with van der Waals surface area (Å²) in [6.45, 7) is 4.00. The number of aryl methyl sites for hydroxylation is 2. The van der Waals surface area contributed by atoms with Crippen LogP contribution in [-0.4, -0.2) is 23.2 Å². The van der Waals surface area contributed by atoms with Gasteiger partial charge in [-0.15, -0.1) is 10.2 Å². The molecule has 3 rings (SSSR count). The molecule has 0 bridgehead atoms. The number of methoxy groups -OCH3 is 1. The van der Waals surface area contributed by atoms with Crippen molar-refractivity contribution in [3.05, 3.63) is 59.2 Å². The van der Waals surface area contributed by atoms with Crippen LogP contribution >= 0.6 is 11.3 Å². The van der Waals surface area contributed by atoms with E-state index < -0.39 is 0 Å². The number of carbonyl (C=O) groups excluding carboxylic acids is 1. The first-order chi connectivity index (χ1) is 12.0. The Labute approximate surface area is 150 Å². The second kappa shape index (κ2) is 7.44. The lowest BCUT2D eigenvalue weighted by Crippen LogP contribution is -2.14. The van der Waals surface area contributed by atoms with Gasteiger partial charge in [0.05, 0.1) is 13.5 Å². The van der Waals surface area contributed by atoms with Gasteiger partial charge >= 0.3 is 0 Å². The third-order valence-electron chi connectivity index (χ3n) is 3.79. The molecule has 0 aliphatic carbocycles. The lowest BCUT2D eigenvalue weighted by atomic mass is 10.1. The standard InChI is InChI=1S/C19H19N3O2S/c1-12-4-7-15(8-5-12)18-21-22-19(25-18)20-17(23)11-14-6-9-16(24-3)13(2)10-14/h4-10H,11H2,1-3H3,(H,20,22,23). The summed E-state index contributed by atoms with van der Waals surface area (Å²) in [5.74, 6) is 0.701. The maximum atomic E-state index is 12.2. The van der Waals surface area contributed by atoms with Gasteiger partial charge in [0.1, 0.15) is 10.8 Å². The Morgan fingerprint density at radius 2 is 1.88 bits per heavy atom. The van der Waals surface area contributed by atoms with E-state index in [1.54, 1.807) is 7.11 Å². The van der Waals surface area contributed by atoms with E-state index in [1.807, 2.05) is 56.3 Å². The van der Waals surface area contributed by atoms with Crippen LogP contribution in [-0.2, 0) is 11.2 Å². The predicted molar refractivity (Wildman–Crippen MR) is 100 cm³/mol. The van der Waals surface area contributed by atoms with Crippen molar-refractivity contribution in [1.29, 1.82) is 0 Å². The SMILES string of the molecule is COc1ccc(CC(=O)Nc2nnc(-c3ccc(C)cc3)s2)cc1C. The first-order valence-corrected chi connectivity index (χ1v) is 8.70. The number of carbonyl (C=O) groups is 1. The van der Waals surface area contributed by atoms with Crippen molar-refractivity contribution in [3.63, 3.8) is 0 Å². The Morgan fingerprint density at radius 3 is 2.56 bits per heavy atom. The van der Waals surface area contributed by atoms with Crippen LogP contribution in [0.4, 0.5) is 5.13 Å². The maximum absolute atomic E-state index is 12.2. The molecule has 6 heteroatoms. The molecule has 0 saturated carbocycles. The lowest BCUT2D eigenvalue weighted by molar-refractivity contribution is -0.115. The second-order valence-electron chi connectivity index (χ2n) is 5.81. The van der Waals surface area contributed by atoms with Gasteiger partial charge in [0.25, 0.3) is 0 Å². The Bertz CT molecular complexity index is 888. The Kier molecular flexibility index (Phi) is 5.09. The summed E-state index contributed by atoms with van der Waals surface area (Å²) in [5.41, 5.74) is 4.12. The molecule has 1 N–H and O–H groups in total. The molecule has 0 aliphatic rings. The molecule has 0 radical (unpaired) electrons. The largest absolute Gasteiger partial charge is 0.496 e. The van der Waals surface area contributed by atoms with Crippen LogP contribution in [0.25, 0.3) is 10.6 Å². The Balaban J connectivity index is 1.65. The predicted octanol–water partition coefficient (Wildman–Crippen LogP) is 4.01. The van der Waals surface area contributed by atoms with Crippen LogP contribution < -0.4 is 10.1 Å². The van der Waals surface area contributed by atoms with Gasteiger partial charge in [0, 0.05) is 5.56 Å². The summed E-state index contributed by atoms with van der Waals surface area (Å²) in [5, 5.41) is 12.3. The number of anilines is 1. The molecule has 128 valence electrons. The monoisotopic (exact) mass is 353 g/mol. The molecule has 3 aromatic rings. The molecule has 0 aliphatic heterocycles. The first kappa shape index (κ1) is 17.1. The van der Waals surface area contributed by atoms with E-state index in [9.17, 15) is 4.79 Å². The molecular formula is C19H19N3O2S. The van der Waals surface area contributed by atoms with Crippen molar-refractivity contribution in [2.24, 2.45) is 0 Å². The van der Waals surface area contributed by atoms with E-state index in [0.717, 1.165) is 27.4 Å². The van der Waals surface area contributed by atoms with Gasteiger partial charge in [0.2, 0.25) is 11.0 Å². The van der Waals surface area contributed by atoms with Crippen molar-refractivity contribution in [2.75, 3.05) is 12.4 Å². The molecule has 0 unspecified atom stereocenters. The van der Waals surface area contributed by atoms with Crippen LogP contribution in [0, 0.1) is 13.8 Å². The molecule has 0 spiro atoms. The van der Waals surface area contributed by atoms with E-state index in [1.165, 1.54) is 16.9 Å². The number of nitrogens with one attached hydrogen (secondary N) is 1. The third-order valence-corrected chi connectivity index (χ3v) is 4.68. The normalized spacial score (nSPS) is 10.5. The molecule has 25 heavy (non-hydrogen) atoms. The van der Waals surface area contributed by atoms with Gasteiger partial charge in [-0.05, 0) is 31.0 Å². The Morgan fingerprint density at radius 1 is 1.12 bits per heavy atom. The van der Waals surface area contributed by atoms with Gasteiger partial charge in [-0.2, -0.15) is 0 Å². The fourth-order valence-electron chi connectivity index (χ4n) is 2.49. The summed E-state index contributed by atoms with van der Waals surface area (Å²) < 4.78 is 5.24. The zero-order valence-electron chi connectivity index (χ0n) is 14.4. The first-order valence-electron chi connectivity index (χ1n) is 7.89. The highest BCUT2D eigenvalue weighted by molar-refractivity contribution is 7.18. The Hall–Kier alpha value is -2.73. The number of benzene rings is 2. The minimum Gasteiger partial charge on any atom is -0.496 e. The fraction of sp³-hybridized carbons (Fsp3) is 0.211. The second-order valence-corrected chi connectivity index (χ2v) is 6.78. The van der Waals surface area contributed by atoms with Crippen molar-refractivity contribution in [3.8, 4) is 16.3 Å². The minimum atomic E-state index is -0.115. The lowest BCUT2D eigenvalue weighted by Gasteiger charge is -2.07. The molecule has 5 nitrogen and oxygen atoms in total. The van der Waals surface area contributed by atoms with Crippen molar-refractivity contribution >= 4 is 22.4 Å². The summed E-state index contributed by atoms with van der Waals surface area (Å²) in [6, 6.07) is 13.8. The van der Waals surface area contributed by atoms with Gasteiger partial charge in [-0.3, -0.25) is 4.79 Å². The summed E-state index contributed by atoms with van der Waals surface area (Å²) in [7, 11) is 1.63. The van der Waals surface area contributed by atoms with E-state index in [4.69, 9.17) is 4.74 Å². The molecule has 1 amide bonds. The average molecular weight is 353 g/mol. The van der Waals surface area contributed by atoms with Crippen LogP contribution in [0.5, 0.6) is 5.75 Å². The molecule has 1 aromatic heterocycles. The van der Waals surface area contributed by atoms with Gasteiger partial charge in [-0.1, -0.05) is 53.3 Å². The number of aromatic nitrogens is 2. The zero-order valence-corrected chi connectivity index (χ0v) is 15.2. The van der Waals surface area contributed by atoms with Crippen molar-refractivity contribution < 1.29 is 9.53 Å². The van der Waals surface area contributed by atoms with E-state index in [0.29, 0.717) is 5.13 Å². The molecule has 0 atom stereocenters. The van der Waals surface area contributed by atoms with Crippen molar-refractivity contribution in [1.82, 2.24) is 10.2 Å². The van der Waals surface area contributed by atoms with Crippen LogP contribution in [0.15, 0.2) is 42.5 Å². The van der Waals surface area contributed by atoms with Gasteiger partial charge in [-0.25, -0.2) is 0 Å². The van der Waals surface area contributed by atoms with Gasteiger partial charge < -0.3 is 10.1 Å². The number of nitrogens with zero attached hydrogens (tertiary/aromatic N) is 2. The number of ether oxygens (including phenoxy) is 1. The summed E-state index contributed by atoms with van der Waals surface area (Å²) >= 11 is 1.37. The number of rotatable bonds is 5. The van der Waals surface area contributed by atoms with E-state index in [-0.39, 0.29) is 12.3 Å². The van der Waals surface area contributed by atoms with Crippen LogP contribution in [0.3, 0.4) is 0 Å². The number of hydrogen-bond acceptors (Lipinski definition) is 5. The molecule has 1 heterocycles. The van der Waals surface area contributed by atoms with E-state index in [2.05, 4.69) is 15.5 Å². The third kappa shape index (κ3) is 4.22. The van der Waals surface area contributed by atoms with Gasteiger partial charge in [0.15, 0.2) is 0 Å².